The zero-order valence-electron chi connectivity index (χ0n) is 17.6. The summed E-state index contributed by atoms with van der Waals surface area (Å²) in [6, 6.07) is 17.2. The molecule has 0 fully saturated rings. The Morgan fingerprint density at radius 3 is 2.52 bits per heavy atom. The number of Topliss-reactive ketones (excluding diaryl/α,β-unsaturated/α-hetero) is 1. The minimum atomic E-state index is -0.705. The maximum Gasteiger partial charge on any atom is 0.340 e. The first-order chi connectivity index (χ1) is 15.0. The lowest BCUT2D eigenvalue weighted by Gasteiger charge is -2.35. The van der Waals surface area contributed by atoms with E-state index in [2.05, 4.69) is 0 Å². The number of carbonyl (C=O) groups excluding carboxylic acids is 2. The molecule has 6 heteroatoms. The highest BCUT2D eigenvalue weighted by Gasteiger charge is 2.44. The fourth-order valence-electron chi connectivity index (χ4n) is 4.39. The molecular weight excluding hydrogens is 394 g/mol. The third kappa shape index (κ3) is 3.81. The molecule has 1 aliphatic carbocycles. The van der Waals surface area contributed by atoms with Crippen molar-refractivity contribution in [3.63, 3.8) is 0 Å². The average molecular weight is 419 g/mol. The van der Waals surface area contributed by atoms with Gasteiger partial charge in [-0.25, -0.2) is 4.79 Å². The Bertz CT molecular complexity index is 1070. The van der Waals surface area contributed by atoms with Gasteiger partial charge in [0, 0.05) is 24.0 Å². The summed E-state index contributed by atoms with van der Waals surface area (Å²) >= 11 is 0. The molecule has 0 saturated carbocycles. The van der Waals surface area contributed by atoms with Crippen molar-refractivity contribution in [2.24, 2.45) is 5.73 Å². The topological polar surface area (TPSA) is 87.9 Å². The summed E-state index contributed by atoms with van der Waals surface area (Å²) in [4.78, 5) is 26.3. The Balaban J connectivity index is 1.84. The van der Waals surface area contributed by atoms with Gasteiger partial charge in [0.1, 0.15) is 17.1 Å². The van der Waals surface area contributed by atoms with Crippen LogP contribution in [0.15, 0.2) is 77.4 Å². The van der Waals surface area contributed by atoms with Crippen molar-refractivity contribution in [3.8, 4) is 5.75 Å². The van der Waals surface area contributed by atoms with Crippen molar-refractivity contribution >= 4 is 11.8 Å². The summed E-state index contributed by atoms with van der Waals surface area (Å²) in [6.07, 6.45) is 0.849. The third-order valence-electron chi connectivity index (χ3n) is 5.76. The Hall–Kier alpha value is -3.54. The van der Waals surface area contributed by atoms with E-state index < -0.39 is 11.9 Å². The molecule has 0 bridgehead atoms. The van der Waals surface area contributed by atoms with Gasteiger partial charge in [0.05, 0.1) is 19.6 Å². The summed E-state index contributed by atoms with van der Waals surface area (Å²) in [5.41, 5.74) is 8.57. The van der Waals surface area contributed by atoms with E-state index in [0.29, 0.717) is 35.5 Å². The number of ketones is 1. The summed E-state index contributed by atoms with van der Waals surface area (Å²) in [6.45, 7) is 1.90. The quantitative estimate of drug-likeness (QED) is 0.739. The molecule has 2 atom stereocenters. The lowest BCUT2D eigenvalue weighted by atomic mass is 9.73. The normalized spacial score (nSPS) is 20.8. The van der Waals surface area contributed by atoms with Gasteiger partial charge in [-0.3, -0.25) is 4.79 Å². The van der Waals surface area contributed by atoms with Crippen LogP contribution in [0.3, 0.4) is 0 Å². The fraction of sp³-hybridized carbons (Fsp3) is 0.280. The van der Waals surface area contributed by atoms with Crippen LogP contribution in [0.2, 0.25) is 0 Å². The van der Waals surface area contributed by atoms with Crippen molar-refractivity contribution in [3.05, 3.63) is 88.5 Å². The molecule has 31 heavy (non-hydrogen) atoms. The highest BCUT2D eigenvalue weighted by molar-refractivity contribution is 6.04. The van der Waals surface area contributed by atoms with Gasteiger partial charge in [-0.05, 0) is 24.5 Å². The van der Waals surface area contributed by atoms with Crippen molar-refractivity contribution in [2.45, 2.75) is 31.6 Å². The van der Waals surface area contributed by atoms with Crippen LogP contribution in [-0.4, -0.2) is 25.5 Å². The Kier molecular flexibility index (Phi) is 5.80. The maximum atomic E-state index is 13.4. The first kappa shape index (κ1) is 20.7. The van der Waals surface area contributed by atoms with Crippen LogP contribution in [0.1, 0.15) is 42.7 Å². The monoisotopic (exact) mass is 419 g/mol. The molecule has 2 aromatic rings. The van der Waals surface area contributed by atoms with E-state index in [1.807, 2.05) is 48.5 Å². The lowest BCUT2D eigenvalue weighted by molar-refractivity contribution is -0.139. The minimum absolute atomic E-state index is 0.0114. The van der Waals surface area contributed by atoms with Crippen LogP contribution >= 0.6 is 0 Å². The number of esters is 1. The number of para-hydroxylation sites is 1. The number of benzene rings is 2. The van der Waals surface area contributed by atoms with Gasteiger partial charge in [-0.15, -0.1) is 0 Å². The smallest absolute Gasteiger partial charge is 0.340 e. The van der Waals surface area contributed by atoms with E-state index in [-0.39, 0.29) is 29.8 Å². The van der Waals surface area contributed by atoms with Crippen LogP contribution in [0.25, 0.3) is 0 Å². The van der Waals surface area contributed by atoms with E-state index in [1.54, 1.807) is 20.1 Å². The van der Waals surface area contributed by atoms with Crippen LogP contribution in [0.4, 0.5) is 0 Å². The van der Waals surface area contributed by atoms with E-state index in [4.69, 9.17) is 19.9 Å². The predicted molar refractivity (Wildman–Crippen MR) is 115 cm³/mol. The van der Waals surface area contributed by atoms with E-state index >= 15 is 0 Å². The first-order valence-electron chi connectivity index (χ1n) is 10.3. The molecule has 6 nitrogen and oxygen atoms in total. The Morgan fingerprint density at radius 1 is 1.10 bits per heavy atom. The van der Waals surface area contributed by atoms with Crippen molar-refractivity contribution < 1.29 is 23.8 Å². The molecule has 0 amide bonds. The summed E-state index contributed by atoms with van der Waals surface area (Å²) < 4.78 is 16.7. The molecule has 0 radical (unpaired) electrons. The van der Waals surface area contributed by atoms with Gasteiger partial charge in [-0.2, -0.15) is 0 Å². The molecule has 2 aromatic carbocycles. The number of allylic oxidation sites excluding steroid dienone is 2. The minimum Gasteiger partial charge on any atom is -0.496 e. The zero-order chi connectivity index (χ0) is 22.0. The van der Waals surface area contributed by atoms with Crippen LogP contribution in [0, 0.1) is 0 Å². The molecule has 2 unspecified atom stereocenters. The molecular formula is C25H25NO5. The standard InChI is InChI=1S/C25H25NO5/c1-3-30-25(28)23-21(17-11-7-8-12-19(17)29-2)22-18(27)13-16(14-20(22)31-24(23)26)15-9-5-4-6-10-15/h4-12,16,21H,3,13-14,26H2,1-2H3. The highest BCUT2D eigenvalue weighted by atomic mass is 16.5. The molecule has 2 aliphatic rings. The average Bonchev–Trinajstić information content (AvgIpc) is 2.78. The number of hydrogen-bond acceptors (Lipinski definition) is 6. The van der Waals surface area contributed by atoms with Gasteiger partial charge in [-0.1, -0.05) is 48.5 Å². The second kappa shape index (κ2) is 8.68. The second-order valence-electron chi connectivity index (χ2n) is 7.55. The van der Waals surface area contributed by atoms with Crippen molar-refractivity contribution in [2.75, 3.05) is 13.7 Å². The molecule has 2 N–H and O–H groups in total. The van der Waals surface area contributed by atoms with E-state index in [9.17, 15) is 9.59 Å². The first-order valence-corrected chi connectivity index (χ1v) is 10.3. The number of rotatable bonds is 5. The van der Waals surface area contributed by atoms with Gasteiger partial charge < -0.3 is 19.9 Å². The largest absolute Gasteiger partial charge is 0.496 e. The highest BCUT2D eigenvalue weighted by Crippen LogP contribution is 2.48. The Morgan fingerprint density at radius 2 is 1.81 bits per heavy atom. The number of nitrogens with two attached hydrogens (primary N) is 1. The van der Waals surface area contributed by atoms with Crippen molar-refractivity contribution in [1.82, 2.24) is 0 Å². The van der Waals surface area contributed by atoms with Gasteiger partial charge in [0.25, 0.3) is 0 Å². The van der Waals surface area contributed by atoms with Crippen LogP contribution in [-0.2, 0) is 19.1 Å². The molecule has 4 rings (SSSR count). The summed E-state index contributed by atoms with van der Waals surface area (Å²) in [5.74, 6) is -0.346. The predicted octanol–water partition coefficient (Wildman–Crippen LogP) is 3.94. The Labute approximate surface area is 181 Å². The zero-order valence-corrected chi connectivity index (χ0v) is 17.6. The fourth-order valence-corrected chi connectivity index (χ4v) is 4.39. The van der Waals surface area contributed by atoms with Crippen LogP contribution < -0.4 is 10.5 Å². The van der Waals surface area contributed by atoms with Crippen LogP contribution in [0.5, 0.6) is 5.75 Å². The van der Waals surface area contributed by atoms with Crippen molar-refractivity contribution in [1.29, 1.82) is 0 Å². The number of methoxy groups -OCH3 is 1. The van der Waals surface area contributed by atoms with Gasteiger partial charge in [0.2, 0.25) is 5.88 Å². The molecule has 0 saturated heterocycles. The number of hydrogen-bond donors (Lipinski definition) is 1. The maximum absolute atomic E-state index is 13.4. The van der Waals surface area contributed by atoms with Gasteiger partial charge >= 0.3 is 5.97 Å². The summed E-state index contributed by atoms with van der Waals surface area (Å²) in [7, 11) is 1.55. The molecule has 1 aliphatic heterocycles. The number of carbonyl (C=O) groups is 2. The van der Waals surface area contributed by atoms with E-state index in [1.165, 1.54) is 0 Å². The molecule has 0 spiro atoms. The van der Waals surface area contributed by atoms with Gasteiger partial charge in [0.15, 0.2) is 5.78 Å². The molecule has 1 heterocycles. The summed E-state index contributed by atoms with van der Waals surface area (Å²) in [5, 5.41) is 0. The molecule has 160 valence electrons. The number of ether oxygens (including phenoxy) is 3. The molecule has 0 aromatic heterocycles. The third-order valence-corrected chi connectivity index (χ3v) is 5.76. The lowest BCUT2D eigenvalue weighted by Crippen LogP contribution is -2.33. The SMILES string of the molecule is CCOC(=O)C1=C(N)OC2=C(C(=O)CC(c3ccccc3)C2)C1c1ccccc1OC. The van der Waals surface area contributed by atoms with E-state index in [0.717, 1.165) is 5.56 Å². The second-order valence-corrected chi connectivity index (χ2v) is 7.55.